The van der Waals surface area contributed by atoms with E-state index in [-0.39, 0.29) is 11.3 Å². The number of benzene rings is 2. The summed E-state index contributed by atoms with van der Waals surface area (Å²) in [5.74, 6) is -1.11. The molecule has 0 heterocycles. The lowest BCUT2D eigenvalue weighted by molar-refractivity contribution is 0.0693. The topological polar surface area (TPSA) is 46.5 Å². The van der Waals surface area contributed by atoms with Crippen LogP contribution >= 0.6 is 0 Å². The van der Waals surface area contributed by atoms with Gasteiger partial charge in [-0.15, -0.1) is 0 Å². The third-order valence-electron chi connectivity index (χ3n) is 2.75. The smallest absolute Gasteiger partial charge is 0.339 e. The maximum absolute atomic E-state index is 13.1. The van der Waals surface area contributed by atoms with Crippen LogP contribution in [-0.4, -0.2) is 11.1 Å². The molecule has 0 fully saturated rings. The number of carboxylic acid groups (broad SMARTS) is 1. The molecule has 0 unspecified atom stereocenters. The van der Waals surface area contributed by atoms with Crippen molar-refractivity contribution < 1.29 is 19.0 Å². The van der Waals surface area contributed by atoms with Crippen molar-refractivity contribution >= 4 is 5.97 Å². The molecule has 3 nitrogen and oxygen atoms in total. The van der Waals surface area contributed by atoms with Crippen LogP contribution in [0.5, 0.6) is 11.5 Å². The van der Waals surface area contributed by atoms with E-state index in [9.17, 15) is 9.18 Å². The molecule has 0 spiro atoms. The average Bonchev–Trinajstić information content (AvgIpc) is 2.41. The average molecular weight is 260 g/mol. The van der Waals surface area contributed by atoms with Gasteiger partial charge in [-0.3, -0.25) is 0 Å². The largest absolute Gasteiger partial charge is 0.478 e. The molecule has 0 saturated carbocycles. The van der Waals surface area contributed by atoms with Crippen LogP contribution < -0.4 is 4.74 Å². The van der Waals surface area contributed by atoms with Crippen molar-refractivity contribution in [3.63, 3.8) is 0 Å². The SMILES string of the molecule is CCc1ccccc1Oc1ccc(F)cc1C(=O)O. The van der Waals surface area contributed by atoms with Gasteiger partial charge in [-0.1, -0.05) is 25.1 Å². The number of rotatable bonds is 4. The van der Waals surface area contributed by atoms with E-state index < -0.39 is 11.8 Å². The van der Waals surface area contributed by atoms with E-state index in [1.54, 1.807) is 12.1 Å². The van der Waals surface area contributed by atoms with Crippen molar-refractivity contribution in [3.05, 3.63) is 59.4 Å². The zero-order valence-corrected chi connectivity index (χ0v) is 10.4. The van der Waals surface area contributed by atoms with Gasteiger partial charge in [0, 0.05) is 0 Å². The normalized spacial score (nSPS) is 10.2. The van der Waals surface area contributed by atoms with Gasteiger partial charge in [0.1, 0.15) is 22.9 Å². The van der Waals surface area contributed by atoms with Gasteiger partial charge in [-0.05, 0) is 36.2 Å². The number of para-hydroxylation sites is 1. The van der Waals surface area contributed by atoms with Crippen LogP contribution in [0.25, 0.3) is 0 Å². The molecule has 0 aliphatic carbocycles. The molecule has 0 atom stereocenters. The van der Waals surface area contributed by atoms with Gasteiger partial charge in [-0.2, -0.15) is 0 Å². The Morgan fingerprint density at radius 2 is 1.95 bits per heavy atom. The Balaban J connectivity index is 2.41. The molecular weight excluding hydrogens is 247 g/mol. The third-order valence-corrected chi connectivity index (χ3v) is 2.75. The summed E-state index contributed by atoms with van der Waals surface area (Å²) < 4.78 is 18.7. The second-order valence-electron chi connectivity index (χ2n) is 4.01. The minimum Gasteiger partial charge on any atom is -0.478 e. The number of carboxylic acids is 1. The number of carbonyl (C=O) groups is 1. The van der Waals surface area contributed by atoms with E-state index in [4.69, 9.17) is 9.84 Å². The van der Waals surface area contributed by atoms with Gasteiger partial charge in [0.25, 0.3) is 0 Å². The zero-order chi connectivity index (χ0) is 13.8. The highest BCUT2D eigenvalue weighted by Gasteiger charge is 2.14. The Morgan fingerprint density at radius 1 is 1.21 bits per heavy atom. The first-order valence-corrected chi connectivity index (χ1v) is 5.90. The van der Waals surface area contributed by atoms with Crippen LogP contribution in [0, 0.1) is 5.82 Å². The first kappa shape index (κ1) is 13.1. The Hall–Kier alpha value is -2.36. The summed E-state index contributed by atoms with van der Waals surface area (Å²) in [7, 11) is 0. The van der Waals surface area contributed by atoms with Gasteiger partial charge >= 0.3 is 5.97 Å². The second-order valence-corrected chi connectivity index (χ2v) is 4.01. The van der Waals surface area contributed by atoms with E-state index in [0.29, 0.717) is 5.75 Å². The molecule has 0 radical (unpaired) electrons. The van der Waals surface area contributed by atoms with Gasteiger partial charge in [0.05, 0.1) is 0 Å². The minimum absolute atomic E-state index is 0.134. The summed E-state index contributed by atoms with van der Waals surface area (Å²) in [6, 6.07) is 10.8. The fraction of sp³-hybridized carbons (Fsp3) is 0.133. The number of aromatic carboxylic acids is 1. The predicted octanol–water partition coefficient (Wildman–Crippen LogP) is 3.88. The molecule has 0 aliphatic rings. The van der Waals surface area contributed by atoms with Crippen LogP contribution in [0.4, 0.5) is 4.39 Å². The highest BCUT2D eigenvalue weighted by molar-refractivity contribution is 5.91. The number of hydrogen-bond acceptors (Lipinski definition) is 2. The molecule has 98 valence electrons. The lowest BCUT2D eigenvalue weighted by atomic mass is 10.1. The molecule has 2 aromatic carbocycles. The fourth-order valence-electron chi connectivity index (χ4n) is 1.77. The first-order valence-electron chi connectivity index (χ1n) is 5.90. The van der Waals surface area contributed by atoms with Crippen molar-refractivity contribution in [1.82, 2.24) is 0 Å². The van der Waals surface area contributed by atoms with Crippen molar-refractivity contribution in [2.45, 2.75) is 13.3 Å². The summed E-state index contributed by atoms with van der Waals surface area (Å²) in [6.07, 6.45) is 0.764. The van der Waals surface area contributed by atoms with Gasteiger partial charge in [0.2, 0.25) is 0 Å². The Morgan fingerprint density at radius 3 is 2.63 bits per heavy atom. The number of ether oxygens (including phenoxy) is 1. The number of aryl methyl sites for hydroxylation is 1. The quantitative estimate of drug-likeness (QED) is 0.907. The molecule has 0 aliphatic heterocycles. The first-order chi connectivity index (χ1) is 9.11. The van der Waals surface area contributed by atoms with Crippen molar-refractivity contribution in [2.24, 2.45) is 0 Å². The Bertz CT molecular complexity index is 608. The summed E-state index contributed by atoms with van der Waals surface area (Å²) >= 11 is 0. The summed E-state index contributed by atoms with van der Waals surface area (Å²) in [5.41, 5.74) is 0.772. The van der Waals surface area contributed by atoms with Gasteiger partial charge in [-0.25, -0.2) is 9.18 Å². The second kappa shape index (κ2) is 5.52. The molecule has 0 aromatic heterocycles. The van der Waals surface area contributed by atoms with E-state index in [2.05, 4.69) is 0 Å². The molecule has 0 saturated heterocycles. The van der Waals surface area contributed by atoms with E-state index in [1.165, 1.54) is 12.1 Å². The standard InChI is InChI=1S/C15H13FO3/c1-2-10-5-3-4-6-13(10)19-14-8-7-11(16)9-12(14)15(17)18/h3-9H,2H2,1H3,(H,17,18). The third kappa shape index (κ3) is 2.91. The summed E-state index contributed by atoms with van der Waals surface area (Å²) in [5, 5.41) is 9.05. The van der Waals surface area contributed by atoms with Crippen LogP contribution in [-0.2, 0) is 6.42 Å². The number of halogens is 1. The number of hydrogen-bond donors (Lipinski definition) is 1. The molecule has 2 aromatic rings. The maximum atomic E-state index is 13.1. The molecule has 0 amide bonds. The molecule has 19 heavy (non-hydrogen) atoms. The summed E-state index contributed by atoms with van der Waals surface area (Å²) in [4.78, 5) is 11.1. The van der Waals surface area contributed by atoms with Crippen LogP contribution in [0.1, 0.15) is 22.8 Å². The van der Waals surface area contributed by atoms with Crippen LogP contribution in [0.15, 0.2) is 42.5 Å². The molecular formula is C15H13FO3. The molecule has 1 N–H and O–H groups in total. The lowest BCUT2D eigenvalue weighted by Gasteiger charge is -2.11. The van der Waals surface area contributed by atoms with Crippen molar-refractivity contribution in [3.8, 4) is 11.5 Å². The van der Waals surface area contributed by atoms with E-state index in [1.807, 2.05) is 19.1 Å². The van der Waals surface area contributed by atoms with E-state index >= 15 is 0 Å². The Kier molecular flexibility index (Phi) is 3.80. The highest BCUT2D eigenvalue weighted by atomic mass is 19.1. The molecule has 0 bridgehead atoms. The predicted molar refractivity (Wildman–Crippen MR) is 69.3 cm³/mol. The Labute approximate surface area is 110 Å². The highest BCUT2D eigenvalue weighted by Crippen LogP contribution is 2.29. The maximum Gasteiger partial charge on any atom is 0.339 e. The van der Waals surface area contributed by atoms with Crippen LogP contribution in [0.2, 0.25) is 0 Å². The van der Waals surface area contributed by atoms with E-state index in [0.717, 1.165) is 18.1 Å². The van der Waals surface area contributed by atoms with Gasteiger partial charge < -0.3 is 9.84 Å². The van der Waals surface area contributed by atoms with Crippen molar-refractivity contribution in [1.29, 1.82) is 0 Å². The minimum atomic E-state index is -1.22. The van der Waals surface area contributed by atoms with Crippen molar-refractivity contribution in [2.75, 3.05) is 0 Å². The lowest BCUT2D eigenvalue weighted by Crippen LogP contribution is -2.01. The molecule has 2 rings (SSSR count). The molecule has 4 heteroatoms. The fourth-order valence-corrected chi connectivity index (χ4v) is 1.77. The van der Waals surface area contributed by atoms with Gasteiger partial charge in [0.15, 0.2) is 0 Å². The zero-order valence-electron chi connectivity index (χ0n) is 10.4. The summed E-state index contributed by atoms with van der Waals surface area (Å²) in [6.45, 7) is 1.98. The van der Waals surface area contributed by atoms with Crippen LogP contribution in [0.3, 0.4) is 0 Å². The monoisotopic (exact) mass is 260 g/mol.